The van der Waals surface area contributed by atoms with Gasteiger partial charge in [-0.05, 0) is 45.6 Å². The van der Waals surface area contributed by atoms with Crippen molar-refractivity contribution in [2.24, 2.45) is 0 Å². The summed E-state index contributed by atoms with van der Waals surface area (Å²) >= 11 is 0. The Morgan fingerprint density at radius 2 is 2.12 bits per heavy atom. The SMILES string of the molecule is Cc1cnn(C[C@@H]2CCCCN2C(=O)CN2C(=O)NC(C)(C)C2=O)c1. The zero-order valence-electron chi connectivity index (χ0n) is 15.0. The first-order valence-corrected chi connectivity index (χ1v) is 8.70. The summed E-state index contributed by atoms with van der Waals surface area (Å²) in [6.07, 6.45) is 6.65. The number of amides is 4. The molecule has 1 aromatic rings. The van der Waals surface area contributed by atoms with E-state index in [-0.39, 0.29) is 24.4 Å². The summed E-state index contributed by atoms with van der Waals surface area (Å²) in [7, 11) is 0. The second-order valence-corrected chi connectivity index (χ2v) is 7.42. The van der Waals surface area contributed by atoms with Crippen LogP contribution in [0.1, 0.15) is 38.7 Å². The number of likely N-dealkylation sites (tertiary alicyclic amines) is 1. The fourth-order valence-electron chi connectivity index (χ4n) is 3.49. The van der Waals surface area contributed by atoms with Gasteiger partial charge >= 0.3 is 6.03 Å². The van der Waals surface area contributed by atoms with Crippen molar-refractivity contribution in [2.45, 2.75) is 58.2 Å². The molecule has 2 fully saturated rings. The van der Waals surface area contributed by atoms with Crippen molar-refractivity contribution in [3.8, 4) is 0 Å². The molecule has 3 heterocycles. The van der Waals surface area contributed by atoms with Gasteiger partial charge in [0.25, 0.3) is 5.91 Å². The van der Waals surface area contributed by atoms with Crippen LogP contribution in [0.15, 0.2) is 12.4 Å². The van der Waals surface area contributed by atoms with E-state index in [1.165, 1.54) is 0 Å². The lowest BCUT2D eigenvalue weighted by atomic mass is 10.0. The molecule has 2 aliphatic rings. The number of piperidine rings is 1. The minimum Gasteiger partial charge on any atom is -0.336 e. The molecule has 8 heteroatoms. The molecule has 1 atom stereocenters. The van der Waals surface area contributed by atoms with Gasteiger partial charge in [0.1, 0.15) is 12.1 Å². The van der Waals surface area contributed by atoms with Crippen molar-refractivity contribution in [3.63, 3.8) is 0 Å². The Kier molecular flexibility index (Phi) is 4.53. The molecule has 0 bridgehead atoms. The molecule has 3 rings (SSSR count). The molecule has 0 unspecified atom stereocenters. The highest BCUT2D eigenvalue weighted by Crippen LogP contribution is 2.21. The summed E-state index contributed by atoms with van der Waals surface area (Å²) in [6, 6.07) is -0.464. The first-order chi connectivity index (χ1) is 11.8. The van der Waals surface area contributed by atoms with Gasteiger partial charge in [-0.15, -0.1) is 0 Å². The third kappa shape index (κ3) is 3.52. The number of aryl methyl sites for hydroxylation is 1. The Morgan fingerprint density at radius 3 is 2.72 bits per heavy atom. The zero-order chi connectivity index (χ0) is 18.2. The van der Waals surface area contributed by atoms with Gasteiger partial charge < -0.3 is 10.2 Å². The Labute approximate surface area is 147 Å². The summed E-state index contributed by atoms with van der Waals surface area (Å²) in [5.74, 6) is -0.545. The maximum atomic E-state index is 12.8. The molecule has 0 aliphatic carbocycles. The van der Waals surface area contributed by atoms with Crippen molar-refractivity contribution < 1.29 is 14.4 Å². The van der Waals surface area contributed by atoms with Crippen LogP contribution >= 0.6 is 0 Å². The second kappa shape index (κ2) is 6.50. The third-order valence-electron chi connectivity index (χ3n) is 4.85. The summed E-state index contributed by atoms with van der Waals surface area (Å²) in [4.78, 5) is 39.9. The molecule has 0 spiro atoms. The van der Waals surface area contributed by atoms with E-state index in [1.807, 2.05) is 17.8 Å². The van der Waals surface area contributed by atoms with Gasteiger partial charge in [0.05, 0.1) is 18.8 Å². The van der Waals surface area contributed by atoms with Crippen LogP contribution in [0.25, 0.3) is 0 Å². The molecule has 136 valence electrons. The number of carbonyl (C=O) groups excluding carboxylic acids is 3. The van der Waals surface area contributed by atoms with Gasteiger partial charge in [0.2, 0.25) is 5.91 Å². The molecule has 25 heavy (non-hydrogen) atoms. The molecule has 0 radical (unpaired) electrons. The highest BCUT2D eigenvalue weighted by Gasteiger charge is 2.45. The van der Waals surface area contributed by atoms with E-state index >= 15 is 0 Å². The van der Waals surface area contributed by atoms with Gasteiger partial charge in [0, 0.05) is 12.7 Å². The summed E-state index contributed by atoms with van der Waals surface area (Å²) < 4.78 is 1.85. The number of nitrogens with one attached hydrogen (secondary N) is 1. The number of rotatable bonds is 4. The van der Waals surface area contributed by atoms with Crippen LogP contribution in [0, 0.1) is 6.92 Å². The summed E-state index contributed by atoms with van der Waals surface area (Å²) in [6.45, 7) is 6.33. The topological polar surface area (TPSA) is 87.5 Å². The molecular weight excluding hydrogens is 322 g/mol. The largest absolute Gasteiger partial charge is 0.336 e. The monoisotopic (exact) mass is 347 g/mol. The molecule has 2 aliphatic heterocycles. The normalized spacial score (nSPS) is 23.1. The van der Waals surface area contributed by atoms with Crippen LogP contribution in [0.4, 0.5) is 4.79 Å². The van der Waals surface area contributed by atoms with E-state index in [0.717, 1.165) is 29.7 Å². The van der Waals surface area contributed by atoms with Crippen LogP contribution in [0.5, 0.6) is 0 Å². The number of urea groups is 1. The summed E-state index contributed by atoms with van der Waals surface area (Å²) in [5, 5.41) is 6.91. The average Bonchev–Trinajstić information content (AvgIpc) is 3.03. The smallest absolute Gasteiger partial charge is 0.325 e. The van der Waals surface area contributed by atoms with Crippen LogP contribution in [0.2, 0.25) is 0 Å². The highest BCUT2D eigenvalue weighted by atomic mass is 16.2. The van der Waals surface area contributed by atoms with Gasteiger partial charge in [-0.2, -0.15) is 5.10 Å². The quantitative estimate of drug-likeness (QED) is 0.820. The van der Waals surface area contributed by atoms with Crippen LogP contribution in [-0.4, -0.2) is 62.1 Å². The zero-order valence-corrected chi connectivity index (χ0v) is 15.0. The number of nitrogens with zero attached hydrogens (tertiary/aromatic N) is 4. The molecular formula is C17H25N5O3. The lowest BCUT2D eigenvalue weighted by Crippen LogP contribution is -2.51. The number of aromatic nitrogens is 2. The maximum absolute atomic E-state index is 12.8. The number of hydrogen-bond acceptors (Lipinski definition) is 4. The Bertz CT molecular complexity index is 696. The van der Waals surface area contributed by atoms with Crippen LogP contribution in [0.3, 0.4) is 0 Å². The molecule has 0 aromatic carbocycles. The molecule has 4 amide bonds. The maximum Gasteiger partial charge on any atom is 0.325 e. The van der Waals surface area contributed by atoms with Crippen molar-refractivity contribution in [2.75, 3.05) is 13.1 Å². The first kappa shape index (κ1) is 17.4. The molecule has 0 saturated carbocycles. The van der Waals surface area contributed by atoms with Crippen LogP contribution < -0.4 is 5.32 Å². The molecule has 2 saturated heterocycles. The predicted octanol–water partition coefficient (Wildman–Crippen LogP) is 0.903. The van der Waals surface area contributed by atoms with E-state index < -0.39 is 11.6 Å². The van der Waals surface area contributed by atoms with Gasteiger partial charge in [-0.3, -0.25) is 19.2 Å². The van der Waals surface area contributed by atoms with E-state index in [9.17, 15) is 14.4 Å². The Balaban J connectivity index is 1.68. The second-order valence-electron chi connectivity index (χ2n) is 7.42. The number of imide groups is 1. The minimum absolute atomic E-state index is 0.0364. The standard InChI is InChI=1S/C17H25N5O3/c1-12-8-18-20(9-12)10-13-6-4-5-7-21(13)14(23)11-22-15(24)17(2,3)19-16(22)25/h8-9,13H,4-7,10-11H2,1-3H3,(H,19,25)/t13-/m0/s1. The van der Waals surface area contributed by atoms with E-state index in [0.29, 0.717) is 13.1 Å². The first-order valence-electron chi connectivity index (χ1n) is 8.70. The Hall–Kier alpha value is -2.38. The van der Waals surface area contributed by atoms with E-state index in [2.05, 4.69) is 10.4 Å². The highest BCUT2D eigenvalue weighted by molar-refractivity contribution is 6.08. The van der Waals surface area contributed by atoms with Gasteiger partial charge in [-0.25, -0.2) is 4.79 Å². The fourth-order valence-corrected chi connectivity index (χ4v) is 3.49. The van der Waals surface area contributed by atoms with Crippen molar-refractivity contribution in [1.29, 1.82) is 0 Å². The van der Waals surface area contributed by atoms with Crippen LogP contribution in [-0.2, 0) is 16.1 Å². The predicted molar refractivity (Wildman–Crippen MR) is 90.6 cm³/mol. The number of carbonyl (C=O) groups is 3. The molecule has 1 N–H and O–H groups in total. The van der Waals surface area contributed by atoms with Gasteiger partial charge in [-0.1, -0.05) is 0 Å². The van der Waals surface area contributed by atoms with E-state index in [1.54, 1.807) is 24.9 Å². The minimum atomic E-state index is -0.953. The fraction of sp³-hybridized carbons (Fsp3) is 0.647. The molecule has 8 nitrogen and oxygen atoms in total. The molecule has 1 aromatic heterocycles. The average molecular weight is 347 g/mol. The van der Waals surface area contributed by atoms with Crippen molar-refractivity contribution >= 4 is 17.8 Å². The third-order valence-corrected chi connectivity index (χ3v) is 4.85. The lowest BCUT2D eigenvalue weighted by molar-refractivity contribution is -0.141. The van der Waals surface area contributed by atoms with E-state index in [4.69, 9.17) is 0 Å². The number of hydrogen-bond donors (Lipinski definition) is 1. The van der Waals surface area contributed by atoms with Crippen molar-refractivity contribution in [1.82, 2.24) is 24.9 Å². The lowest BCUT2D eigenvalue weighted by Gasteiger charge is -2.36. The summed E-state index contributed by atoms with van der Waals surface area (Å²) in [5.41, 5.74) is 0.126. The van der Waals surface area contributed by atoms with Gasteiger partial charge in [0.15, 0.2) is 0 Å². The van der Waals surface area contributed by atoms with Crippen molar-refractivity contribution in [3.05, 3.63) is 18.0 Å². The Morgan fingerprint density at radius 1 is 1.36 bits per heavy atom.